The number of nitriles is 1. The number of ether oxygens (including phenoxy) is 1. The van der Waals surface area contributed by atoms with E-state index in [1.807, 2.05) is 0 Å². The lowest BCUT2D eigenvalue weighted by Gasteiger charge is -2.18. The molecule has 3 heterocycles. The minimum atomic E-state index is -4.14. The van der Waals surface area contributed by atoms with Gasteiger partial charge < -0.3 is 4.74 Å². The van der Waals surface area contributed by atoms with E-state index in [0.29, 0.717) is 16.7 Å². The Kier molecular flexibility index (Phi) is 5.03. The predicted molar refractivity (Wildman–Crippen MR) is 113 cm³/mol. The highest BCUT2D eigenvalue weighted by Crippen LogP contribution is 2.35. The lowest BCUT2D eigenvalue weighted by atomic mass is 10.1. The Morgan fingerprint density at radius 3 is 2.85 bits per heavy atom. The fourth-order valence-corrected chi connectivity index (χ4v) is 4.86. The van der Waals surface area contributed by atoms with Crippen molar-refractivity contribution in [1.29, 1.82) is 5.26 Å². The van der Waals surface area contributed by atoms with Crippen LogP contribution in [0.15, 0.2) is 42.9 Å². The molecule has 1 aliphatic heterocycles. The van der Waals surface area contributed by atoms with E-state index in [1.54, 1.807) is 24.4 Å². The first-order chi connectivity index (χ1) is 15.9. The fourth-order valence-electron chi connectivity index (χ4n) is 3.58. The summed E-state index contributed by atoms with van der Waals surface area (Å²) in [4.78, 5) is 8.32. The maximum absolute atomic E-state index is 14.7. The van der Waals surface area contributed by atoms with Gasteiger partial charge in [0.2, 0.25) is 0 Å². The summed E-state index contributed by atoms with van der Waals surface area (Å²) in [5.41, 5.74) is 1.08. The first-order valence-electron chi connectivity index (χ1n) is 9.76. The molecule has 13 heteroatoms. The van der Waals surface area contributed by atoms with Gasteiger partial charge in [0, 0.05) is 19.2 Å². The van der Waals surface area contributed by atoms with Gasteiger partial charge in [-0.25, -0.2) is 18.3 Å². The van der Waals surface area contributed by atoms with Crippen LogP contribution in [-0.2, 0) is 10.2 Å². The Morgan fingerprint density at radius 1 is 1.24 bits per heavy atom. The topological polar surface area (TPSA) is 126 Å². The van der Waals surface area contributed by atoms with Crippen LogP contribution in [0, 0.1) is 17.1 Å². The molecule has 1 N–H and O–H groups in total. The van der Waals surface area contributed by atoms with E-state index in [0.717, 1.165) is 16.4 Å². The Labute approximate surface area is 186 Å². The fraction of sp³-hybridized carbons (Fsp3) is 0.200. The third-order valence-electron chi connectivity index (χ3n) is 5.18. The number of rotatable bonds is 5. The highest BCUT2D eigenvalue weighted by atomic mass is 32.2. The van der Waals surface area contributed by atoms with Crippen molar-refractivity contribution in [1.82, 2.24) is 23.9 Å². The Hall–Kier alpha value is -3.89. The zero-order valence-corrected chi connectivity index (χ0v) is 17.6. The molecule has 0 spiro atoms. The van der Waals surface area contributed by atoms with Crippen molar-refractivity contribution in [3.63, 3.8) is 0 Å². The summed E-state index contributed by atoms with van der Waals surface area (Å²) in [6, 6.07) is 8.59. The minimum Gasteiger partial charge on any atom is -0.453 e. The number of aromatic nitrogens is 4. The van der Waals surface area contributed by atoms with Crippen molar-refractivity contribution < 1.29 is 21.9 Å². The van der Waals surface area contributed by atoms with Crippen LogP contribution < -0.4 is 9.46 Å². The standard InChI is InChI=1S/C20H15F2N7O3S/c21-12-5-6-28(10-12)33(30,31)27-16-4-2-15(22)20(14(16)8-23)32-13-1-3-17-18(7-13)29-19(9-24-17)25-11-26-29/h1-4,7,9,11-12,27H,5-6,10H2. The van der Waals surface area contributed by atoms with Crippen LogP contribution in [0.5, 0.6) is 11.5 Å². The van der Waals surface area contributed by atoms with Gasteiger partial charge in [-0.3, -0.25) is 9.71 Å². The summed E-state index contributed by atoms with van der Waals surface area (Å²) in [6.07, 6.45) is 1.73. The van der Waals surface area contributed by atoms with Gasteiger partial charge in [-0.05, 0) is 30.7 Å². The molecule has 33 heavy (non-hydrogen) atoms. The van der Waals surface area contributed by atoms with Crippen molar-refractivity contribution in [3.05, 3.63) is 54.2 Å². The molecule has 2 aromatic carbocycles. The van der Waals surface area contributed by atoms with E-state index in [2.05, 4.69) is 19.8 Å². The largest absolute Gasteiger partial charge is 0.453 e. The third kappa shape index (κ3) is 3.79. The number of fused-ring (bicyclic) bond motifs is 3. The molecule has 1 saturated heterocycles. The smallest absolute Gasteiger partial charge is 0.301 e. The second-order valence-electron chi connectivity index (χ2n) is 7.30. The number of nitrogens with zero attached hydrogens (tertiary/aromatic N) is 6. The van der Waals surface area contributed by atoms with Gasteiger partial charge in [0.1, 0.15) is 29.9 Å². The molecule has 0 bridgehead atoms. The van der Waals surface area contributed by atoms with Crippen molar-refractivity contribution in [2.75, 3.05) is 17.8 Å². The maximum Gasteiger partial charge on any atom is 0.301 e. The molecule has 0 amide bonds. The molecule has 1 unspecified atom stereocenters. The lowest BCUT2D eigenvalue weighted by Crippen LogP contribution is -2.34. The Balaban J connectivity index is 1.52. The van der Waals surface area contributed by atoms with Crippen LogP contribution in [-0.4, -0.2) is 51.6 Å². The molecule has 0 aliphatic carbocycles. The van der Waals surface area contributed by atoms with Gasteiger partial charge in [-0.2, -0.15) is 23.1 Å². The number of hydrogen-bond donors (Lipinski definition) is 1. The van der Waals surface area contributed by atoms with E-state index in [9.17, 15) is 22.5 Å². The molecule has 0 radical (unpaired) electrons. The van der Waals surface area contributed by atoms with E-state index in [-0.39, 0.29) is 36.5 Å². The molecule has 2 aromatic heterocycles. The summed E-state index contributed by atoms with van der Waals surface area (Å²) in [5.74, 6) is -1.15. The van der Waals surface area contributed by atoms with Crippen molar-refractivity contribution in [3.8, 4) is 17.6 Å². The van der Waals surface area contributed by atoms with Gasteiger partial charge in [-0.1, -0.05) is 0 Å². The molecule has 4 aromatic rings. The van der Waals surface area contributed by atoms with Crippen LogP contribution in [0.4, 0.5) is 14.5 Å². The maximum atomic E-state index is 14.7. The average Bonchev–Trinajstić information content (AvgIpc) is 3.45. The first-order valence-corrected chi connectivity index (χ1v) is 11.2. The van der Waals surface area contributed by atoms with Gasteiger partial charge >= 0.3 is 10.2 Å². The zero-order valence-electron chi connectivity index (χ0n) is 16.8. The third-order valence-corrected chi connectivity index (χ3v) is 6.67. The van der Waals surface area contributed by atoms with Gasteiger partial charge in [-0.15, -0.1) is 0 Å². The summed E-state index contributed by atoms with van der Waals surface area (Å²) < 4.78 is 63.7. The molecule has 1 atom stereocenters. The number of benzene rings is 2. The van der Waals surface area contributed by atoms with E-state index in [4.69, 9.17) is 4.74 Å². The number of hydrogen-bond acceptors (Lipinski definition) is 7. The quantitative estimate of drug-likeness (QED) is 0.474. The van der Waals surface area contributed by atoms with Crippen molar-refractivity contribution in [2.24, 2.45) is 0 Å². The van der Waals surface area contributed by atoms with Crippen molar-refractivity contribution >= 4 is 32.6 Å². The van der Waals surface area contributed by atoms with E-state index < -0.39 is 27.9 Å². The number of alkyl halides is 1. The Bertz CT molecular complexity index is 1530. The zero-order chi connectivity index (χ0) is 23.2. The van der Waals surface area contributed by atoms with Crippen LogP contribution in [0.25, 0.3) is 16.7 Å². The molecule has 168 valence electrons. The normalized spacial score (nSPS) is 16.8. The summed E-state index contributed by atoms with van der Waals surface area (Å²) in [5, 5.41) is 13.8. The molecule has 0 saturated carbocycles. The number of anilines is 1. The molecule has 1 aliphatic rings. The molecular formula is C20H15F2N7O3S. The van der Waals surface area contributed by atoms with Gasteiger partial charge in [0.05, 0.1) is 22.9 Å². The highest BCUT2D eigenvalue weighted by Gasteiger charge is 2.32. The summed E-state index contributed by atoms with van der Waals surface area (Å²) in [6.45, 7) is -0.283. The van der Waals surface area contributed by atoms with E-state index >= 15 is 0 Å². The van der Waals surface area contributed by atoms with Gasteiger partial charge in [0.15, 0.2) is 17.2 Å². The summed E-state index contributed by atoms with van der Waals surface area (Å²) >= 11 is 0. The Morgan fingerprint density at radius 2 is 2.09 bits per heavy atom. The molecular weight excluding hydrogens is 456 g/mol. The van der Waals surface area contributed by atoms with Crippen molar-refractivity contribution in [2.45, 2.75) is 12.6 Å². The average molecular weight is 471 g/mol. The van der Waals surface area contributed by atoms with Crippen LogP contribution >= 0.6 is 0 Å². The molecule has 1 fully saturated rings. The van der Waals surface area contributed by atoms with Crippen LogP contribution in [0.3, 0.4) is 0 Å². The number of nitrogens with one attached hydrogen (secondary N) is 1. The second kappa shape index (κ2) is 7.91. The monoisotopic (exact) mass is 471 g/mol. The highest BCUT2D eigenvalue weighted by molar-refractivity contribution is 7.90. The number of halogens is 2. The van der Waals surface area contributed by atoms with Crippen LogP contribution in [0.2, 0.25) is 0 Å². The van der Waals surface area contributed by atoms with Gasteiger partial charge in [0.25, 0.3) is 0 Å². The van der Waals surface area contributed by atoms with E-state index in [1.165, 1.54) is 16.9 Å². The minimum absolute atomic E-state index is 0.00478. The lowest BCUT2D eigenvalue weighted by molar-refractivity contribution is 0.343. The SMILES string of the molecule is N#Cc1c(NS(=O)(=O)N2CCC(F)C2)ccc(F)c1Oc1ccc2ncc3ncnn3c2c1. The predicted octanol–water partition coefficient (Wildman–Crippen LogP) is 2.78. The summed E-state index contributed by atoms with van der Waals surface area (Å²) in [7, 11) is -4.14. The second-order valence-corrected chi connectivity index (χ2v) is 8.97. The molecule has 10 nitrogen and oxygen atoms in total. The van der Waals surface area contributed by atoms with Crippen LogP contribution in [0.1, 0.15) is 12.0 Å². The molecule has 5 rings (SSSR count). The first kappa shape index (κ1) is 21.0.